The SMILES string of the molecule is O=C(O)CCN(CCO)Cc1ccccc1F. The van der Waals surface area contributed by atoms with Gasteiger partial charge in [-0.05, 0) is 6.07 Å². The summed E-state index contributed by atoms with van der Waals surface area (Å²) in [5, 5.41) is 17.5. The van der Waals surface area contributed by atoms with Crippen LogP contribution in [0, 0.1) is 5.82 Å². The van der Waals surface area contributed by atoms with Crippen molar-refractivity contribution in [3.05, 3.63) is 35.6 Å². The number of halogens is 1. The van der Waals surface area contributed by atoms with E-state index in [2.05, 4.69) is 0 Å². The third-order valence-electron chi connectivity index (χ3n) is 2.41. The van der Waals surface area contributed by atoms with Gasteiger partial charge >= 0.3 is 5.97 Å². The second-order valence-electron chi connectivity index (χ2n) is 3.73. The van der Waals surface area contributed by atoms with Crippen LogP contribution in [-0.4, -0.2) is 40.8 Å². The van der Waals surface area contributed by atoms with Crippen LogP contribution >= 0.6 is 0 Å². The Bertz CT molecular complexity index is 371. The maximum atomic E-state index is 13.4. The molecule has 94 valence electrons. The maximum Gasteiger partial charge on any atom is 0.304 e. The monoisotopic (exact) mass is 241 g/mol. The summed E-state index contributed by atoms with van der Waals surface area (Å²) in [5.74, 6) is -1.22. The molecular weight excluding hydrogens is 225 g/mol. The zero-order valence-corrected chi connectivity index (χ0v) is 9.47. The number of aliphatic hydroxyl groups is 1. The molecule has 0 spiro atoms. The first-order valence-corrected chi connectivity index (χ1v) is 5.42. The van der Waals surface area contributed by atoms with E-state index in [0.29, 0.717) is 25.2 Å². The number of nitrogens with zero attached hydrogens (tertiary/aromatic N) is 1. The minimum absolute atomic E-state index is 0.0194. The molecule has 0 saturated heterocycles. The zero-order valence-electron chi connectivity index (χ0n) is 9.47. The van der Waals surface area contributed by atoms with Crippen LogP contribution in [0.2, 0.25) is 0 Å². The van der Waals surface area contributed by atoms with E-state index < -0.39 is 5.97 Å². The van der Waals surface area contributed by atoms with Gasteiger partial charge in [-0.1, -0.05) is 18.2 Å². The first-order valence-electron chi connectivity index (χ1n) is 5.42. The molecule has 0 bridgehead atoms. The smallest absolute Gasteiger partial charge is 0.304 e. The van der Waals surface area contributed by atoms with E-state index in [1.165, 1.54) is 6.07 Å². The lowest BCUT2D eigenvalue weighted by atomic mass is 10.2. The molecule has 0 aromatic heterocycles. The van der Waals surface area contributed by atoms with Crippen molar-refractivity contribution in [2.75, 3.05) is 19.7 Å². The van der Waals surface area contributed by atoms with Crippen molar-refractivity contribution in [1.82, 2.24) is 4.90 Å². The van der Waals surface area contributed by atoms with E-state index in [1.807, 2.05) is 0 Å². The van der Waals surface area contributed by atoms with Crippen LogP contribution in [0.1, 0.15) is 12.0 Å². The summed E-state index contributed by atoms with van der Waals surface area (Å²) in [6, 6.07) is 6.35. The van der Waals surface area contributed by atoms with Gasteiger partial charge in [-0.3, -0.25) is 9.69 Å². The third-order valence-corrected chi connectivity index (χ3v) is 2.41. The number of carboxylic acid groups (broad SMARTS) is 1. The Labute approximate surface area is 99.3 Å². The molecule has 2 N–H and O–H groups in total. The van der Waals surface area contributed by atoms with E-state index in [-0.39, 0.29) is 18.8 Å². The fourth-order valence-corrected chi connectivity index (χ4v) is 1.53. The Morgan fingerprint density at radius 3 is 2.59 bits per heavy atom. The lowest BCUT2D eigenvalue weighted by molar-refractivity contribution is -0.137. The molecule has 5 heteroatoms. The minimum atomic E-state index is -0.901. The Hall–Kier alpha value is -1.46. The number of aliphatic hydroxyl groups excluding tert-OH is 1. The van der Waals surface area contributed by atoms with E-state index in [9.17, 15) is 9.18 Å². The quantitative estimate of drug-likeness (QED) is 0.750. The average Bonchev–Trinajstić information content (AvgIpc) is 2.29. The number of benzene rings is 1. The van der Waals surface area contributed by atoms with Crippen molar-refractivity contribution in [3.8, 4) is 0 Å². The van der Waals surface area contributed by atoms with Gasteiger partial charge in [0, 0.05) is 25.2 Å². The molecule has 0 aliphatic heterocycles. The molecular formula is C12H16FNO3. The molecule has 0 amide bonds. The maximum absolute atomic E-state index is 13.4. The standard InChI is InChI=1S/C12H16FNO3/c13-11-4-2-1-3-10(11)9-14(7-8-15)6-5-12(16)17/h1-4,15H,5-9H2,(H,16,17). The summed E-state index contributed by atoms with van der Waals surface area (Å²) in [5.41, 5.74) is 0.506. The van der Waals surface area contributed by atoms with Crippen molar-refractivity contribution in [2.24, 2.45) is 0 Å². The molecule has 1 aromatic carbocycles. The second kappa shape index (κ2) is 6.98. The number of aliphatic carboxylic acids is 1. The number of hydrogen-bond donors (Lipinski definition) is 2. The van der Waals surface area contributed by atoms with Crippen LogP contribution in [0.15, 0.2) is 24.3 Å². The summed E-state index contributed by atoms with van der Waals surface area (Å²) in [4.78, 5) is 12.2. The van der Waals surface area contributed by atoms with Crippen LogP contribution in [0.5, 0.6) is 0 Å². The van der Waals surface area contributed by atoms with Gasteiger partial charge in [0.25, 0.3) is 0 Å². The Balaban J connectivity index is 2.59. The van der Waals surface area contributed by atoms with Gasteiger partial charge < -0.3 is 10.2 Å². The normalized spacial score (nSPS) is 10.8. The highest BCUT2D eigenvalue weighted by atomic mass is 19.1. The highest BCUT2D eigenvalue weighted by molar-refractivity contribution is 5.66. The van der Waals surface area contributed by atoms with Crippen molar-refractivity contribution in [2.45, 2.75) is 13.0 Å². The predicted octanol–water partition coefficient (Wildman–Crippen LogP) is 1.09. The Morgan fingerprint density at radius 2 is 2.00 bits per heavy atom. The summed E-state index contributed by atoms with van der Waals surface area (Å²) in [7, 11) is 0. The molecule has 0 saturated carbocycles. The van der Waals surface area contributed by atoms with Crippen molar-refractivity contribution in [3.63, 3.8) is 0 Å². The molecule has 1 rings (SSSR count). The fraction of sp³-hybridized carbons (Fsp3) is 0.417. The highest BCUT2D eigenvalue weighted by Gasteiger charge is 2.10. The predicted molar refractivity (Wildman–Crippen MR) is 61.0 cm³/mol. The summed E-state index contributed by atoms with van der Waals surface area (Å²) in [6.07, 6.45) is -0.0194. The molecule has 0 unspecified atom stereocenters. The van der Waals surface area contributed by atoms with Crippen molar-refractivity contribution >= 4 is 5.97 Å². The Kier molecular flexibility index (Phi) is 5.59. The summed E-state index contributed by atoms with van der Waals surface area (Å²) < 4.78 is 13.4. The van der Waals surface area contributed by atoms with Gasteiger partial charge in [0.2, 0.25) is 0 Å². The van der Waals surface area contributed by atoms with Crippen LogP contribution in [0.3, 0.4) is 0 Å². The lowest BCUT2D eigenvalue weighted by Gasteiger charge is -2.20. The summed E-state index contributed by atoms with van der Waals surface area (Å²) >= 11 is 0. The van der Waals surface area contributed by atoms with Crippen LogP contribution in [-0.2, 0) is 11.3 Å². The fourth-order valence-electron chi connectivity index (χ4n) is 1.53. The van der Waals surface area contributed by atoms with E-state index in [4.69, 9.17) is 10.2 Å². The van der Waals surface area contributed by atoms with Crippen LogP contribution < -0.4 is 0 Å². The molecule has 0 aliphatic carbocycles. The van der Waals surface area contributed by atoms with Gasteiger partial charge in [-0.2, -0.15) is 0 Å². The topological polar surface area (TPSA) is 60.8 Å². The largest absolute Gasteiger partial charge is 0.481 e. The molecule has 0 fully saturated rings. The first-order chi connectivity index (χ1) is 8.13. The number of carbonyl (C=O) groups is 1. The van der Waals surface area contributed by atoms with E-state index in [0.717, 1.165) is 0 Å². The van der Waals surface area contributed by atoms with Crippen LogP contribution in [0.25, 0.3) is 0 Å². The van der Waals surface area contributed by atoms with Gasteiger partial charge in [0.05, 0.1) is 13.0 Å². The van der Waals surface area contributed by atoms with Gasteiger partial charge in [-0.15, -0.1) is 0 Å². The first kappa shape index (κ1) is 13.6. The molecule has 0 atom stereocenters. The number of hydrogen-bond acceptors (Lipinski definition) is 3. The van der Waals surface area contributed by atoms with E-state index >= 15 is 0 Å². The highest BCUT2D eigenvalue weighted by Crippen LogP contribution is 2.09. The zero-order chi connectivity index (χ0) is 12.7. The van der Waals surface area contributed by atoms with Crippen molar-refractivity contribution in [1.29, 1.82) is 0 Å². The molecule has 0 heterocycles. The summed E-state index contributed by atoms with van der Waals surface area (Å²) in [6.45, 7) is 0.862. The second-order valence-corrected chi connectivity index (χ2v) is 3.73. The third kappa shape index (κ3) is 4.93. The molecule has 0 aliphatic rings. The van der Waals surface area contributed by atoms with Gasteiger partial charge in [0.15, 0.2) is 0 Å². The molecule has 0 radical (unpaired) electrons. The number of carboxylic acids is 1. The van der Waals surface area contributed by atoms with Crippen LogP contribution in [0.4, 0.5) is 4.39 Å². The Morgan fingerprint density at radius 1 is 1.29 bits per heavy atom. The molecule has 1 aromatic rings. The lowest BCUT2D eigenvalue weighted by Crippen LogP contribution is -2.29. The van der Waals surface area contributed by atoms with E-state index in [1.54, 1.807) is 23.1 Å². The average molecular weight is 241 g/mol. The van der Waals surface area contributed by atoms with Gasteiger partial charge in [-0.25, -0.2) is 4.39 Å². The number of rotatable bonds is 7. The minimum Gasteiger partial charge on any atom is -0.481 e. The molecule has 4 nitrogen and oxygen atoms in total. The molecule has 17 heavy (non-hydrogen) atoms. The van der Waals surface area contributed by atoms with Crippen molar-refractivity contribution < 1.29 is 19.4 Å². The van der Waals surface area contributed by atoms with Gasteiger partial charge in [0.1, 0.15) is 5.82 Å².